The van der Waals surface area contributed by atoms with Crippen LogP contribution in [0.3, 0.4) is 0 Å². The van der Waals surface area contributed by atoms with Gasteiger partial charge < -0.3 is 15.5 Å². The van der Waals surface area contributed by atoms with Crippen LogP contribution in [0.4, 0.5) is 23.4 Å². The van der Waals surface area contributed by atoms with Gasteiger partial charge in [-0.3, -0.25) is 9.48 Å². The molecule has 4 atom stereocenters. The number of aliphatic hydroxyl groups excluding tert-OH is 2. The largest absolute Gasteiger partial charge is 0.416 e. The molecular weight excluding hydrogens is 458 g/mol. The number of alkyl halides is 3. The van der Waals surface area contributed by atoms with Crippen molar-refractivity contribution in [3.8, 4) is 0 Å². The van der Waals surface area contributed by atoms with E-state index in [9.17, 15) is 32.6 Å². The highest BCUT2D eigenvalue weighted by Gasteiger charge is 2.39. The van der Waals surface area contributed by atoms with Crippen LogP contribution in [0.1, 0.15) is 33.6 Å². The van der Waals surface area contributed by atoms with Crippen LogP contribution >= 0.6 is 0 Å². The van der Waals surface area contributed by atoms with Gasteiger partial charge in [-0.1, -0.05) is 6.07 Å². The molecule has 1 aromatic carbocycles. The number of anilines is 1. The average molecular weight is 478 g/mol. The van der Waals surface area contributed by atoms with Crippen LogP contribution in [0.15, 0.2) is 43.0 Å². The summed E-state index contributed by atoms with van der Waals surface area (Å²) in [5, 5.41) is 27.1. The maximum Gasteiger partial charge on any atom is 0.416 e. The molecular formula is C22H20F4N5O3. The third-order valence-corrected chi connectivity index (χ3v) is 5.66. The number of benzene rings is 1. The minimum atomic E-state index is -4.75. The lowest BCUT2D eigenvalue weighted by Gasteiger charge is -2.19. The Balaban J connectivity index is 1.55. The van der Waals surface area contributed by atoms with Crippen molar-refractivity contribution in [3.05, 3.63) is 78.1 Å². The second kappa shape index (κ2) is 9.11. The van der Waals surface area contributed by atoms with E-state index in [1.165, 1.54) is 24.8 Å². The molecule has 1 saturated carbocycles. The maximum absolute atomic E-state index is 13.3. The summed E-state index contributed by atoms with van der Waals surface area (Å²) in [4.78, 5) is 20.9. The zero-order valence-electron chi connectivity index (χ0n) is 17.6. The van der Waals surface area contributed by atoms with Gasteiger partial charge in [-0.2, -0.15) is 18.3 Å². The van der Waals surface area contributed by atoms with E-state index in [1.54, 1.807) is 0 Å². The Kier molecular flexibility index (Phi) is 6.36. The lowest BCUT2D eigenvalue weighted by atomic mass is 10.1. The number of ketones is 1. The number of carbonyl (C=O) groups excluding carboxylic acids is 1. The second-order valence-corrected chi connectivity index (χ2v) is 8.04. The van der Waals surface area contributed by atoms with Crippen LogP contribution in [-0.4, -0.2) is 54.0 Å². The fourth-order valence-corrected chi connectivity index (χ4v) is 3.89. The van der Waals surface area contributed by atoms with Crippen molar-refractivity contribution in [2.24, 2.45) is 5.92 Å². The predicted molar refractivity (Wildman–Crippen MR) is 111 cm³/mol. The number of rotatable bonds is 6. The molecule has 1 aliphatic carbocycles. The van der Waals surface area contributed by atoms with Gasteiger partial charge in [0.15, 0.2) is 0 Å². The first-order valence-electron chi connectivity index (χ1n) is 10.2. The van der Waals surface area contributed by atoms with Crippen molar-refractivity contribution < 1.29 is 32.6 Å². The summed E-state index contributed by atoms with van der Waals surface area (Å²) in [6.07, 6.45) is -2.77. The van der Waals surface area contributed by atoms with Gasteiger partial charge in [-0.05, 0) is 43.0 Å². The number of hydrogen-bond donors (Lipinski definition) is 3. The molecule has 34 heavy (non-hydrogen) atoms. The molecule has 1 aliphatic rings. The van der Waals surface area contributed by atoms with E-state index < -0.39 is 47.5 Å². The van der Waals surface area contributed by atoms with Crippen molar-refractivity contribution in [1.82, 2.24) is 19.7 Å². The van der Waals surface area contributed by atoms with Crippen molar-refractivity contribution in [3.63, 3.8) is 0 Å². The summed E-state index contributed by atoms with van der Waals surface area (Å²) < 4.78 is 54.3. The van der Waals surface area contributed by atoms with Gasteiger partial charge in [0.05, 0.1) is 29.8 Å². The van der Waals surface area contributed by atoms with Crippen molar-refractivity contribution in [2.45, 2.75) is 37.4 Å². The number of nitrogens with one attached hydrogen (secondary N) is 1. The Morgan fingerprint density at radius 1 is 1.24 bits per heavy atom. The SMILES string of the molecule is [CH2][C@@H]1C[C@@H](Nc2ncncc2C(=O)c2ccn(Cc3ccc(F)cc3C(F)(F)F)n2)[C@H](O)[C@@H]1O. The summed E-state index contributed by atoms with van der Waals surface area (Å²) >= 11 is 0. The number of carbonyl (C=O) groups is 1. The zero-order chi connectivity index (χ0) is 24.6. The third-order valence-electron chi connectivity index (χ3n) is 5.66. The molecule has 0 saturated heterocycles. The topological polar surface area (TPSA) is 113 Å². The first-order chi connectivity index (χ1) is 16.0. The highest BCUT2D eigenvalue weighted by molar-refractivity contribution is 6.10. The average Bonchev–Trinajstić information content (AvgIpc) is 3.35. The van der Waals surface area contributed by atoms with Crippen LogP contribution in [-0.2, 0) is 12.7 Å². The Labute approximate surface area is 191 Å². The Hall–Kier alpha value is -3.38. The summed E-state index contributed by atoms with van der Waals surface area (Å²) in [5.41, 5.74) is -1.38. The van der Waals surface area contributed by atoms with E-state index in [0.717, 1.165) is 16.8 Å². The van der Waals surface area contributed by atoms with Crippen LogP contribution in [0, 0.1) is 18.7 Å². The first kappa shape index (κ1) is 23.8. The second-order valence-electron chi connectivity index (χ2n) is 8.04. The van der Waals surface area contributed by atoms with E-state index in [4.69, 9.17) is 0 Å². The summed E-state index contributed by atoms with van der Waals surface area (Å²) in [5.74, 6) is -1.91. The minimum Gasteiger partial charge on any atom is -0.390 e. The van der Waals surface area contributed by atoms with E-state index in [1.807, 2.05) is 0 Å². The minimum absolute atomic E-state index is 0.0275. The Bertz CT molecular complexity index is 1200. The maximum atomic E-state index is 13.3. The van der Waals surface area contributed by atoms with Crippen LogP contribution in [0.5, 0.6) is 0 Å². The molecule has 12 heteroatoms. The standard InChI is InChI=1S/C22H20F4N5O3/c1-11-6-17(20(34)18(11)32)29-21-14(8-27-10-28-21)19(33)16-4-5-31(30-16)9-12-2-3-13(23)7-15(12)22(24,25)26/h2-5,7-8,10-11,17-18,20,32,34H,1,6,9H2,(H,27,28,29)/t11-,17-,18-,20+/m1/s1. The van der Waals surface area contributed by atoms with E-state index in [-0.39, 0.29) is 29.2 Å². The molecule has 3 aromatic rings. The molecule has 2 aromatic heterocycles. The fraction of sp³-hybridized carbons (Fsp3) is 0.318. The Morgan fingerprint density at radius 2 is 2.00 bits per heavy atom. The quantitative estimate of drug-likeness (QED) is 0.369. The van der Waals surface area contributed by atoms with Gasteiger partial charge in [0.1, 0.15) is 29.8 Å². The monoisotopic (exact) mass is 478 g/mol. The highest BCUT2D eigenvalue weighted by Crippen LogP contribution is 2.33. The van der Waals surface area contributed by atoms with E-state index in [2.05, 4.69) is 27.3 Å². The number of aromatic nitrogens is 4. The predicted octanol–water partition coefficient (Wildman–Crippen LogP) is 2.47. The van der Waals surface area contributed by atoms with Crippen molar-refractivity contribution >= 4 is 11.6 Å². The number of hydrogen-bond acceptors (Lipinski definition) is 7. The Morgan fingerprint density at radius 3 is 2.68 bits per heavy atom. The van der Waals surface area contributed by atoms with Crippen molar-refractivity contribution in [1.29, 1.82) is 0 Å². The van der Waals surface area contributed by atoms with Gasteiger partial charge in [-0.15, -0.1) is 0 Å². The van der Waals surface area contributed by atoms with Crippen LogP contribution in [0.2, 0.25) is 0 Å². The van der Waals surface area contributed by atoms with Crippen molar-refractivity contribution in [2.75, 3.05) is 5.32 Å². The third kappa shape index (κ3) is 4.77. The molecule has 0 aliphatic heterocycles. The molecule has 8 nitrogen and oxygen atoms in total. The van der Waals surface area contributed by atoms with Crippen LogP contribution in [0.25, 0.3) is 0 Å². The molecule has 179 valence electrons. The molecule has 1 radical (unpaired) electrons. The lowest BCUT2D eigenvalue weighted by Crippen LogP contribution is -2.35. The fourth-order valence-electron chi connectivity index (χ4n) is 3.89. The van der Waals surface area contributed by atoms with E-state index >= 15 is 0 Å². The number of aliphatic hydroxyl groups is 2. The first-order valence-corrected chi connectivity index (χ1v) is 10.2. The van der Waals surface area contributed by atoms with Gasteiger partial charge >= 0.3 is 6.18 Å². The summed E-state index contributed by atoms with van der Waals surface area (Å²) in [6, 6.07) is 3.08. The summed E-state index contributed by atoms with van der Waals surface area (Å²) in [7, 11) is 0. The van der Waals surface area contributed by atoms with Gasteiger partial charge in [0, 0.05) is 12.4 Å². The molecule has 0 spiro atoms. The molecule has 0 amide bonds. The number of halogens is 4. The van der Waals surface area contributed by atoms with Gasteiger partial charge in [-0.25, -0.2) is 14.4 Å². The smallest absolute Gasteiger partial charge is 0.390 e. The molecule has 4 rings (SSSR count). The lowest BCUT2D eigenvalue weighted by molar-refractivity contribution is -0.138. The molecule has 3 N–H and O–H groups in total. The number of nitrogens with zero attached hydrogens (tertiary/aromatic N) is 4. The molecule has 0 bridgehead atoms. The van der Waals surface area contributed by atoms with E-state index in [0.29, 0.717) is 12.5 Å². The van der Waals surface area contributed by atoms with Gasteiger partial charge in [0.25, 0.3) is 0 Å². The molecule has 0 unspecified atom stereocenters. The van der Waals surface area contributed by atoms with Crippen LogP contribution < -0.4 is 5.32 Å². The molecule has 1 fully saturated rings. The zero-order valence-corrected chi connectivity index (χ0v) is 17.6. The summed E-state index contributed by atoms with van der Waals surface area (Å²) in [6.45, 7) is 3.44. The van der Waals surface area contributed by atoms with Gasteiger partial charge in [0.2, 0.25) is 5.78 Å². The normalized spacial score (nSPS) is 22.7. The highest BCUT2D eigenvalue weighted by atomic mass is 19.4. The molecule has 2 heterocycles.